The minimum Gasteiger partial charge on any atom is -0.349 e. The van der Waals surface area contributed by atoms with Gasteiger partial charge in [0.05, 0.1) is 12.5 Å². The fourth-order valence-corrected chi connectivity index (χ4v) is 2.34. The Morgan fingerprint density at radius 2 is 2.24 bits per heavy atom. The van der Waals surface area contributed by atoms with Gasteiger partial charge in [0.1, 0.15) is 5.82 Å². The van der Waals surface area contributed by atoms with Gasteiger partial charge >= 0.3 is 0 Å². The van der Waals surface area contributed by atoms with E-state index < -0.39 is 10.0 Å². The molecule has 0 aliphatic heterocycles. The summed E-state index contributed by atoms with van der Waals surface area (Å²) in [5, 5.41) is 0.0792. The Labute approximate surface area is 98.8 Å². The van der Waals surface area contributed by atoms with Crippen LogP contribution in [0.15, 0.2) is 29.9 Å². The van der Waals surface area contributed by atoms with Crippen molar-refractivity contribution in [1.29, 1.82) is 0 Å². The van der Waals surface area contributed by atoms with Crippen molar-refractivity contribution in [2.75, 3.05) is 6.54 Å². The number of hydrogen-bond acceptors (Lipinski definition) is 4. The Hall–Kier alpha value is -1.67. The van der Waals surface area contributed by atoms with Crippen molar-refractivity contribution >= 4 is 10.0 Å². The van der Waals surface area contributed by atoms with Gasteiger partial charge in [-0.1, -0.05) is 0 Å². The largest absolute Gasteiger partial charge is 0.349 e. The number of rotatable bonds is 6. The van der Waals surface area contributed by atoms with Crippen LogP contribution in [-0.2, 0) is 16.4 Å². The summed E-state index contributed by atoms with van der Waals surface area (Å²) in [5.41, 5.74) is 0. The number of hydrogen-bond donors (Lipinski definition) is 3. The first kappa shape index (κ1) is 11.8. The number of H-pyrrole nitrogens is 2. The van der Waals surface area contributed by atoms with Crippen molar-refractivity contribution in [3.05, 3.63) is 30.7 Å². The molecule has 0 saturated carbocycles. The van der Waals surface area contributed by atoms with Gasteiger partial charge in [0, 0.05) is 25.4 Å². The number of aromatic nitrogens is 4. The molecular formula is C9H13N5O2S. The first-order valence-electron chi connectivity index (χ1n) is 5.15. The molecule has 8 heteroatoms. The average Bonchev–Trinajstić information content (AvgIpc) is 2.97. The van der Waals surface area contributed by atoms with Gasteiger partial charge in [0.2, 0.25) is 0 Å². The highest BCUT2D eigenvalue weighted by molar-refractivity contribution is 7.89. The lowest BCUT2D eigenvalue weighted by molar-refractivity contribution is 0.575. The van der Waals surface area contributed by atoms with Crippen molar-refractivity contribution in [2.24, 2.45) is 0 Å². The van der Waals surface area contributed by atoms with Gasteiger partial charge in [-0.25, -0.2) is 23.1 Å². The van der Waals surface area contributed by atoms with Crippen LogP contribution in [-0.4, -0.2) is 34.9 Å². The highest BCUT2D eigenvalue weighted by atomic mass is 32.2. The van der Waals surface area contributed by atoms with E-state index in [4.69, 9.17) is 0 Å². The number of aromatic amines is 2. The molecule has 0 radical (unpaired) electrons. The number of nitrogens with one attached hydrogen (secondary N) is 3. The van der Waals surface area contributed by atoms with E-state index in [-0.39, 0.29) is 5.03 Å². The third-order valence-corrected chi connectivity index (χ3v) is 3.59. The maximum Gasteiger partial charge on any atom is 0.257 e. The molecule has 0 aromatic carbocycles. The number of nitrogens with zero attached hydrogens (tertiary/aromatic N) is 2. The molecule has 3 N–H and O–H groups in total. The fraction of sp³-hybridized carbons (Fsp3) is 0.333. The second-order valence-corrected chi connectivity index (χ2v) is 5.19. The Bertz CT molecular complexity index is 532. The summed E-state index contributed by atoms with van der Waals surface area (Å²) < 4.78 is 25.8. The fourth-order valence-electron chi connectivity index (χ4n) is 1.36. The van der Waals surface area contributed by atoms with E-state index >= 15 is 0 Å². The minimum absolute atomic E-state index is 0.0792. The Kier molecular flexibility index (Phi) is 3.55. The molecule has 0 saturated heterocycles. The second-order valence-electron chi connectivity index (χ2n) is 3.45. The summed E-state index contributed by atoms with van der Waals surface area (Å²) in [5.74, 6) is 0.853. The summed E-state index contributed by atoms with van der Waals surface area (Å²) in [7, 11) is -3.46. The molecule has 0 spiro atoms. The maximum absolute atomic E-state index is 11.6. The number of imidazole rings is 2. The third kappa shape index (κ3) is 3.14. The highest BCUT2D eigenvalue weighted by Crippen LogP contribution is 2.02. The molecule has 0 amide bonds. The van der Waals surface area contributed by atoms with Crippen LogP contribution in [0, 0.1) is 0 Å². The lowest BCUT2D eigenvalue weighted by Crippen LogP contribution is -2.25. The van der Waals surface area contributed by atoms with E-state index in [1.165, 1.54) is 12.5 Å². The molecule has 0 unspecified atom stereocenters. The summed E-state index contributed by atoms with van der Waals surface area (Å²) in [6.07, 6.45) is 7.40. The van der Waals surface area contributed by atoms with E-state index in [9.17, 15) is 8.42 Å². The van der Waals surface area contributed by atoms with E-state index in [0.29, 0.717) is 19.4 Å². The summed E-state index contributed by atoms with van der Waals surface area (Å²) in [6.45, 7) is 0.363. The summed E-state index contributed by atoms with van der Waals surface area (Å²) in [4.78, 5) is 13.2. The molecule has 0 fully saturated rings. The van der Waals surface area contributed by atoms with Gasteiger partial charge in [-0.3, -0.25) is 0 Å². The Morgan fingerprint density at radius 3 is 2.88 bits per heavy atom. The van der Waals surface area contributed by atoms with Crippen molar-refractivity contribution in [1.82, 2.24) is 24.7 Å². The molecule has 0 aliphatic carbocycles. The molecule has 17 heavy (non-hydrogen) atoms. The predicted octanol–water partition coefficient (Wildman–Crippen LogP) is 0.0439. The van der Waals surface area contributed by atoms with Crippen LogP contribution in [0.2, 0.25) is 0 Å². The summed E-state index contributed by atoms with van der Waals surface area (Å²) in [6, 6.07) is 0. The molecule has 2 aromatic rings. The van der Waals surface area contributed by atoms with Crippen molar-refractivity contribution in [3.63, 3.8) is 0 Å². The molecule has 2 rings (SSSR count). The number of sulfonamides is 1. The Morgan fingerprint density at radius 1 is 1.35 bits per heavy atom. The van der Waals surface area contributed by atoms with Gasteiger partial charge in [-0.15, -0.1) is 0 Å². The van der Waals surface area contributed by atoms with Crippen LogP contribution >= 0.6 is 0 Å². The third-order valence-electron chi connectivity index (χ3n) is 2.20. The highest BCUT2D eigenvalue weighted by Gasteiger charge is 2.14. The number of aryl methyl sites for hydroxylation is 1. The SMILES string of the molecule is O=S(=O)(NCCCc1ncc[nH]1)c1cnc[nH]1. The van der Waals surface area contributed by atoms with Gasteiger partial charge in [-0.05, 0) is 6.42 Å². The molecule has 2 heterocycles. The lowest BCUT2D eigenvalue weighted by atomic mass is 10.3. The lowest BCUT2D eigenvalue weighted by Gasteiger charge is -2.03. The normalized spacial score (nSPS) is 11.8. The van der Waals surface area contributed by atoms with Gasteiger partial charge < -0.3 is 9.97 Å². The van der Waals surface area contributed by atoms with Crippen LogP contribution in [0.4, 0.5) is 0 Å². The topological polar surface area (TPSA) is 104 Å². The quantitative estimate of drug-likeness (QED) is 0.634. The van der Waals surface area contributed by atoms with Crippen LogP contribution < -0.4 is 4.72 Å². The van der Waals surface area contributed by atoms with Crippen LogP contribution in [0.1, 0.15) is 12.2 Å². The maximum atomic E-state index is 11.6. The zero-order valence-corrected chi connectivity index (χ0v) is 9.87. The van der Waals surface area contributed by atoms with Gasteiger partial charge in [0.15, 0.2) is 5.03 Å². The molecular weight excluding hydrogens is 242 g/mol. The van der Waals surface area contributed by atoms with Crippen LogP contribution in [0.3, 0.4) is 0 Å². The molecule has 0 atom stereocenters. The molecule has 0 aliphatic rings. The molecule has 92 valence electrons. The zero-order valence-electron chi connectivity index (χ0n) is 9.05. The van der Waals surface area contributed by atoms with Gasteiger partial charge in [-0.2, -0.15) is 0 Å². The molecule has 7 nitrogen and oxygen atoms in total. The minimum atomic E-state index is -3.46. The zero-order chi connectivity index (χ0) is 12.1. The summed E-state index contributed by atoms with van der Waals surface area (Å²) >= 11 is 0. The van der Waals surface area contributed by atoms with E-state index in [1.54, 1.807) is 12.4 Å². The van der Waals surface area contributed by atoms with Gasteiger partial charge in [0.25, 0.3) is 10.0 Å². The van der Waals surface area contributed by atoms with Crippen LogP contribution in [0.25, 0.3) is 0 Å². The van der Waals surface area contributed by atoms with Crippen LogP contribution in [0.5, 0.6) is 0 Å². The van der Waals surface area contributed by atoms with Crippen molar-refractivity contribution in [3.8, 4) is 0 Å². The second kappa shape index (κ2) is 5.11. The van der Waals surface area contributed by atoms with E-state index in [0.717, 1.165) is 5.82 Å². The van der Waals surface area contributed by atoms with E-state index in [1.807, 2.05) is 0 Å². The first-order chi connectivity index (χ1) is 8.18. The predicted molar refractivity (Wildman–Crippen MR) is 60.7 cm³/mol. The standard InChI is InChI=1S/C9H13N5O2S/c15-17(16,9-6-10-7-13-9)14-3-1-2-8-11-4-5-12-8/h4-7,14H,1-3H2,(H,10,13)(H,11,12). The van der Waals surface area contributed by atoms with Crippen molar-refractivity contribution in [2.45, 2.75) is 17.9 Å². The smallest absolute Gasteiger partial charge is 0.257 e. The van der Waals surface area contributed by atoms with E-state index in [2.05, 4.69) is 24.7 Å². The molecule has 2 aromatic heterocycles. The van der Waals surface area contributed by atoms with Crippen molar-refractivity contribution < 1.29 is 8.42 Å². The Balaban J connectivity index is 1.79. The molecule has 0 bridgehead atoms. The monoisotopic (exact) mass is 255 g/mol. The first-order valence-corrected chi connectivity index (χ1v) is 6.63. The average molecular weight is 255 g/mol.